The molecule has 1 amide bonds. The highest BCUT2D eigenvalue weighted by Crippen LogP contribution is 2.22. The molecule has 1 fully saturated rings. The lowest BCUT2D eigenvalue weighted by atomic mass is 10.1. The number of carbonyl (C=O) groups excluding carboxylic acids is 1. The van der Waals surface area contributed by atoms with Crippen LogP contribution in [0.4, 0.5) is 5.13 Å². The molecule has 0 atom stereocenters. The molecule has 0 radical (unpaired) electrons. The third-order valence-corrected chi connectivity index (χ3v) is 5.74. The molecule has 26 heavy (non-hydrogen) atoms. The van der Waals surface area contributed by atoms with E-state index in [2.05, 4.69) is 15.5 Å². The Morgan fingerprint density at radius 2 is 2.12 bits per heavy atom. The summed E-state index contributed by atoms with van der Waals surface area (Å²) < 4.78 is 0. The maximum absolute atomic E-state index is 12.7. The number of anilines is 1. The van der Waals surface area contributed by atoms with E-state index in [0.717, 1.165) is 30.6 Å². The zero-order valence-electron chi connectivity index (χ0n) is 14.5. The van der Waals surface area contributed by atoms with Gasteiger partial charge < -0.3 is 9.94 Å². The molecule has 2 N–H and O–H groups in total. The van der Waals surface area contributed by atoms with Crippen LogP contribution in [0.25, 0.3) is 0 Å². The van der Waals surface area contributed by atoms with Crippen molar-refractivity contribution in [3.05, 3.63) is 40.9 Å². The Kier molecular flexibility index (Phi) is 6.65. The Balaban J connectivity index is 1.80. The van der Waals surface area contributed by atoms with E-state index < -0.39 is 0 Å². The van der Waals surface area contributed by atoms with E-state index in [9.17, 15) is 4.79 Å². The van der Waals surface area contributed by atoms with E-state index in [1.807, 2.05) is 30.5 Å². The topological polar surface area (TPSA) is 83.8 Å². The van der Waals surface area contributed by atoms with Gasteiger partial charge in [0.05, 0.1) is 11.5 Å². The molecule has 1 heterocycles. The Labute approximate surface area is 160 Å². The summed E-state index contributed by atoms with van der Waals surface area (Å²) in [6.07, 6.45) is 7.82. The van der Waals surface area contributed by atoms with Gasteiger partial charge in [0.15, 0.2) is 10.8 Å². The largest absolute Gasteiger partial charge is 0.392 e. The van der Waals surface area contributed by atoms with Crippen molar-refractivity contribution >= 4 is 39.8 Å². The van der Waals surface area contributed by atoms with Crippen LogP contribution in [0.5, 0.6) is 0 Å². The minimum atomic E-state index is -0.376. The van der Waals surface area contributed by atoms with Gasteiger partial charge in [-0.25, -0.2) is 4.98 Å². The predicted octanol–water partition coefficient (Wildman–Crippen LogP) is 3.66. The Morgan fingerprint density at radius 3 is 2.73 bits per heavy atom. The van der Waals surface area contributed by atoms with E-state index in [1.54, 1.807) is 18.0 Å². The van der Waals surface area contributed by atoms with Gasteiger partial charge >= 0.3 is 0 Å². The van der Waals surface area contributed by atoms with Gasteiger partial charge in [0.25, 0.3) is 5.91 Å². The van der Waals surface area contributed by atoms with Crippen molar-refractivity contribution in [2.45, 2.75) is 43.3 Å². The maximum atomic E-state index is 12.7. The van der Waals surface area contributed by atoms with E-state index in [1.165, 1.54) is 11.3 Å². The van der Waals surface area contributed by atoms with Crippen LogP contribution in [0.2, 0.25) is 0 Å². The molecule has 138 valence electrons. The molecule has 6 nitrogen and oxygen atoms in total. The van der Waals surface area contributed by atoms with Gasteiger partial charge in [-0.1, -0.05) is 28.6 Å². The summed E-state index contributed by atoms with van der Waals surface area (Å²) >= 11 is 2.87. The molecule has 2 aromatic rings. The molecule has 8 heteroatoms. The van der Waals surface area contributed by atoms with Crippen LogP contribution in [-0.2, 0) is 16.2 Å². The van der Waals surface area contributed by atoms with Gasteiger partial charge in [-0.3, -0.25) is 10.1 Å². The molecule has 0 spiro atoms. The Bertz CT molecular complexity index is 768. The molecular weight excluding hydrogens is 370 g/mol. The second-order valence-corrected chi connectivity index (χ2v) is 7.92. The first-order chi connectivity index (χ1) is 12.7. The number of nitrogens with one attached hydrogen (secondary N) is 1. The number of amides is 1. The number of carbonyl (C=O) groups is 1. The molecule has 1 aliphatic carbocycles. The summed E-state index contributed by atoms with van der Waals surface area (Å²) in [4.78, 5) is 24.3. The van der Waals surface area contributed by atoms with Crippen molar-refractivity contribution in [2.75, 3.05) is 11.6 Å². The van der Waals surface area contributed by atoms with E-state index in [-0.39, 0.29) is 24.3 Å². The maximum Gasteiger partial charge on any atom is 0.280 e. The number of hydrogen-bond donors (Lipinski definition) is 2. The third-order valence-electron chi connectivity index (χ3n) is 4.10. The van der Waals surface area contributed by atoms with Crippen LogP contribution >= 0.6 is 23.1 Å². The number of thioether (sulfide) groups is 1. The van der Waals surface area contributed by atoms with Crippen molar-refractivity contribution in [2.24, 2.45) is 5.16 Å². The van der Waals surface area contributed by atoms with Gasteiger partial charge in [0, 0.05) is 16.7 Å². The van der Waals surface area contributed by atoms with Gasteiger partial charge in [-0.15, -0.1) is 11.8 Å². The Morgan fingerprint density at radius 1 is 1.38 bits per heavy atom. The van der Waals surface area contributed by atoms with Crippen molar-refractivity contribution in [1.29, 1.82) is 0 Å². The SMILES string of the molecule is CSc1ccc(C(=NOC2CCCC2)C(=O)Nc2ncc(CO)s2)cc1. The van der Waals surface area contributed by atoms with Crippen molar-refractivity contribution in [1.82, 2.24) is 4.98 Å². The number of oxime groups is 1. The lowest BCUT2D eigenvalue weighted by Gasteiger charge is -2.10. The third kappa shape index (κ3) is 4.84. The van der Waals surface area contributed by atoms with E-state index >= 15 is 0 Å². The second kappa shape index (κ2) is 9.16. The summed E-state index contributed by atoms with van der Waals surface area (Å²) in [5.74, 6) is -0.376. The number of aromatic nitrogens is 1. The lowest BCUT2D eigenvalue weighted by molar-refractivity contribution is -0.110. The molecule has 1 saturated carbocycles. The van der Waals surface area contributed by atoms with E-state index in [0.29, 0.717) is 15.6 Å². The molecule has 0 saturated heterocycles. The molecule has 0 unspecified atom stereocenters. The van der Waals surface area contributed by atoms with Crippen LogP contribution in [0.3, 0.4) is 0 Å². The molecule has 3 rings (SSSR count). The normalized spacial score (nSPS) is 15.2. The first-order valence-electron chi connectivity index (χ1n) is 8.44. The molecule has 1 aromatic heterocycles. The van der Waals surface area contributed by atoms with E-state index in [4.69, 9.17) is 9.94 Å². The average molecular weight is 392 g/mol. The van der Waals surface area contributed by atoms with Crippen molar-refractivity contribution in [3.63, 3.8) is 0 Å². The fraction of sp³-hybridized carbons (Fsp3) is 0.389. The van der Waals surface area contributed by atoms with Crippen LogP contribution < -0.4 is 5.32 Å². The molecule has 1 aromatic carbocycles. The number of aliphatic hydroxyl groups excluding tert-OH is 1. The smallest absolute Gasteiger partial charge is 0.280 e. The average Bonchev–Trinajstić information content (AvgIpc) is 3.34. The summed E-state index contributed by atoms with van der Waals surface area (Å²) in [6.45, 7) is -0.102. The molecule has 0 bridgehead atoms. The van der Waals surface area contributed by atoms with Crippen LogP contribution in [0, 0.1) is 0 Å². The van der Waals surface area contributed by atoms with Crippen molar-refractivity contribution in [3.8, 4) is 0 Å². The first-order valence-corrected chi connectivity index (χ1v) is 10.5. The molecule has 1 aliphatic rings. The number of thiazole rings is 1. The second-order valence-electron chi connectivity index (χ2n) is 5.92. The quantitative estimate of drug-likeness (QED) is 0.427. The fourth-order valence-electron chi connectivity index (χ4n) is 2.69. The standard InChI is InChI=1S/C18H21N3O3S2/c1-25-14-8-6-12(7-9-14)16(21-24-13-4-2-3-5-13)17(23)20-18-19-10-15(11-22)26-18/h6-10,13,22H,2-5,11H2,1H3,(H,19,20,23). The summed E-state index contributed by atoms with van der Waals surface area (Å²) in [5.41, 5.74) is 0.919. The van der Waals surface area contributed by atoms with Gasteiger partial charge in [0.1, 0.15) is 6.10 Å². The summed E-state index contributed by atoms with van der Waals surface area (Å²) in [6, 6.07) is 7.63. The minimum Gasteiger partial charge on any atom is -0.392 e. The van der Waals surface area contributed by atoms with Crippen LogP contribution in [-0.4, -0.2) is 34.1 Å². The van der Waals surface area contributed by atoms with Crippen molar-refractivity contribution < 1.29 is 14.7 Å². The zero-order chi connectivity index (χ0) is 18.4. The number of aliphatic hydroxyl groups is 1. The number of hydrogen-bond acceptors (Lipinski definition) is 7. The monoisotopic (exact) mass is 391 g/mol. The predicted molar refractivity (Wildman–Crippen MR) is 105 cm³/mol. The fourth-order valence-corrected chi connectivity index (χ4v) is 3.77. The molecular formula is C18H21N3O3S2. The zero-order valence-corrected chi connectivity index (χ0v) is 16.1. The Hall–Kier alpha value is -1.90. The summed E-state index contributed by atoms with van der Waals surface area (Å²) in [7, 11) is 0. The highest BCUT2D eigenvalue weighted by molar-refractivity contribution is 7.98. The van der Waals surface area contributed by atoms with Gasteiger partial charge in [-0.2, -0.15) is 0 Å². The molecule has 0 aliphatic heterocycles. The lowest BCUT2D eigenvalue weighted by Crippen LogP contribution is -2.24. The van der Waals surface area contributed by atoms with Crippen LogP contribution in [0.1, 0.15) is 36.1 Å². The number of nitrogens with zero attached hydrogens (tertiary/aromatic N) is 2. The summed E-state index contributed by atoms with van der Waals surface area (Å²) in [5, 5.41) is 16.5. The minimum absolute atomic E-state index is 0.0733. The first kappa shape index (κ1) is 18.9. The number of rotatable bonds is 7. The number of benzene rings is 1. The highest BCUT2D eigenvalue weighted by Gasteiger charge is 2.20. The van der Waals surface area contributed by atoms with Gasteiger partial charge in [-0.05, 0) is 44.1 Å². The highest BCUT2D eigenvalue weighted by atomic mass is 32.2. The van der Waals surface area contributed by atoms with Gasteiger partial charge in [0.2, 0.25) is 0 Å². The van der Waals surface area contributed by atoms with Crippen LogP contribution in [0.15, 0.2) is 40.5 Å².